The lowest BCUT2D eigenvalue weighted by molar-refractivity contribution is 1.08. The van der Waals surface area contributed by atoms with E-state index in [2.05, 4.69) is 47.9 Å². The van der Waals surface area contributed by atoms with Gasteiger partial charge in [0.2, 0.25) is 0 Å². The first-order chi connectivity index (χ1) is 11.7. The third-order valence-electron chi connectivity index (χ3n) is 3.39. The van der Waals surface area contributed by atoms with Crippen LogP contribution in [0.3, 0.4) is 0 Å². The molecule has 0 atom stereocenters. The Morgan fingerprint density at radius 2 is 1.04 bits per heavy atom. The number of nitrogens with zero attached hydrogens (tertiary/aromatic N) is 2. The predicted octanol–water partition coefficient (Wildman–Crippen LogP) is 5.99. The van der Waals surface area contributed by atoms with E-state index in [0.29, 0.717) is 0 Å². The van der Waals surface area contributed by atoms with Gasteiger partial charge < -0.3 is 9.80 Å². The summed E-state index contributed by atoms with van der Waals surface area (Å²) in [6.45, 7) is 5.87. The van der Waals surface area contributed by atoms with Crippen LogP contribution in [0.1, 0.15) is 13.8 Å². The van der Waals surface area contributed by atoms with Crippen molar-refractivity contribution >= 4 is 66.0 Å². The average molecular weight is 393 g/mol. The highest BCUT2D eigenvalue weighted by Gasteiger charge is 2.15. The first-order valence-corrected chi connectivity index (χ1v) is 10.7. The monoisotopic (exact) mass is 392 g/mol. The Balaban J connectivity index is 1.98. The van der Waals surface area contributed by atoms with Gasteiger partial charge in [0.05, 0.1) is 0 Å². The van der Waals surface area contributed by atoms with E-state index in [9.17, 15) is 0 Å². The van der Waals surface area contributed by atoms with Crippen molar-refractivity contribution in [2.24, 2.45) is 0 Å². The second-order valence-corrected chi connectivity index (χ2v) is 8.26. The molecule has 2 aromatic carbocycles. The maximum absolute atomic E-state index is 5.60. The third-order valence-corrected chi connectivity index (χ3v) is 6.97. The molecule has 24 heavy (non-hydrogen) atoms. The van der Waals surface area contributed by atoms with Crippen molar-refractivity contribution in [3.05, 3.63) is 60.7 Å². The van der Waals surface area contributed by atoms with E-state index in [4.69, 9.17) is 24.4 Å². The lowest BCUT2D eigenvalue weighted by Crippen LogP contribution is -2.28. The molecule has 0 aliphatic heterocycles. The second-order valence-electron chi connectivity index (χ2n) is 4.86. The summed E-state index contributed by atoms with van der Waals surface area (Å²) in [5, 5.41) is 0. The molecule has 0 N–H and O–H groups in total. The fraction of sp³-hybridized carbons (Fsp3) is 0.222. The SMILES string of the molecule is CCN(C(=S)SSC(=S)N(CC)c1ccccc1)c1ccccc1. The van der Waals surface area contributed by atoms with Gasteiger partial charge in [-0.3, -0.25) is 0 Å². The standard InChI is InChI=1S/C18H20N2S4/c1-3-19(15-11-7-5-8-12-15)17(21)23-24-18(22)20(4-2)16-13-9-6-10-14-16/h5-14H,3-4H2,1-2H3. The number of thiocarbonyl (C=S) groups is 2. The van der Waals surface area contributed by atoms with E-state index in [1.165, 1.54) is 0 Å². The molecule has 0 radical (unpaired) electrons. The average Bonchev–Trinajstić information content (AvgIpc) is 2.63. The van der Waals surface area contributed by atoms with Gasteiger partial charge in [-0.05, 0) is 59.7 Å². The van der Waals surface area contributed by atoms with Crippen LogP contribution in [0.15, 0.2) is 60.7 Å². The van der Waals surface area contributed by atoms with Crippen molar-refractivity contribution in [3.63, 3.8) is 0 Å². The Bertz CT molecular complexity index is 602. The van der Waals surface area contributed by atoms with E-state index in [0.717, 1.165) is 33.1 Å². The second kappa shape index (κ2) is 10.0. The van der Waals surface area contributed by atoms with Gasteiger partial charge in [-0.15, -0.1) is 0 Å². The number of hydrogen-bond donors (Lipinski definition) is 0. The minimum absolute atomic E-state index is 0.820. The molecule has 2 nitrogen and oxygen atoms in total. The van der Waals surface area contributed by atoms with Crippen LogP contribution in [0.25, 0.3) is 0 Å². The van der Waals surface area contributed by atoms with Gasteiger partial charge in [0.1, 0.15) is 0 Å². The highest BCUT2D eigenvalue weighted by Crippen LogP contribution is 2.32. The lowest BCUT2D eigenvalue weighted by atomic mass is 10.3. The Morgan fingerprint density at radius 1 is 0.708 bits per heavy atom. The predicted molar refractivity (Wildman–Crippen MR) is 119 cm³/mol. The zero-order valence-electron chi connectivity index (χ0n) is 13.7. The Kier molecular flexibility index (Phi) is 8.05. The van der Waals surface area contributed by atoms with E-state index >= 15 is 0 Å². The molecule has 0 heterocycles. The van der Waals surface area contributed by atoms with Crippen LogP contribution >= 0.6 is 46.0 Å². The van der Waals surface area contributed by atoms with Gasteiger partial charge in [-0.25, -0.2) is 0 Å². The molecule has 0 aliphatic carbocycles. The number of para-hydroxylation sites is 2. The quantitative estimate of drug-likeness (QED) is 0.462. The van der Waals surface area contributed by atoms with Gasteiger partial charge in [-0.1, -0.05) is 60.8 Å². The highest BCUT2D eigenvalue weighted by molar-refractivity contribution is 8.89. The van der Waals surface area contributed by atoms with E-state index in [1.54, 1.807) is 21.6 Å². The van der Waals surface area contributed by atoms with Crippen LogP contribution in [0.5, 0.6) is 0 Å². The maximum Gasteiger partial charge on any atom is 0.151 e. The van der Waals surface area contributed by atoms with Crippen molar-refractivity contribution in [3.8, 4) is 0 Å². The van der Waals surface area contributed by atoms with Crippen molar-refractivity contribution in [2.45, 2.75) is 13.8 Å². The molecule has 0 fully saturated rings. The number of anilines is 2. The summed E-state index contributed by atoms with van der Waals surface area (Å²) in [4.78, 5) is 4.24. The third kappa shape index (κ3) is 5.21. The van der Waals surface area contributed by atoms with Crippen LogP contribution in [0.2, 0.25) is 0 Å². The molecular formula is C18H20N2S4. The van der Waals surface area contributed by atoms with Gasteiger partial charge in [0, 0.05) is 24.5 Å². The molecule has 0 saturated carbocycles. The number of hydrogen-bond acceptors (Lipinski definition) is 4. The number of benzene rings is 2. The molecule has 0 aromatic heterocycles. The molecule has 0 saturated heterocycles. The molecule has 2 aromatic rings. The summed E-state index contributed by atoms with van der Waals surface area (Å²) >= 11 is 11.2. The van der Waals surface area contributed by atoms with Crippen molar-refractivity contribution in [1.82, 2.24) is 0 Å². The molecule has 126 valence electrons. The smallest absolute Gasteiger partial charge is 0.151 e. The lowest BCUT2D eigenvalue weighted by Gasteiger charge is -2.25. The topological polar surface area (TPSA) is 6.48 Å². The van der Waals surface area contributed by atoms with Crippen molar-refractivity contribution in [1.29, 1.82) is 0 Å². The molecule has 6 heteroatoms. The van der Waals surface area contributed by atoms with Crippen LogP contribution in [-0.2, 0) is 0 Å². The summed E-state index contributed by atoms with van der Waals surface area (Å²) in [5.41, 5.74) is 2.22. The Morgan fingerprint density at radius 3 is 1.33 bits per heavy atom. The first-order valence-electron chi connectivity index (χ1n) is 7.75. The fourth-order valence-electron chi connectivity index (χ4n) is 2.21. The zero-order valence-corrected chi connectivity index (χ0v) is 17.0. The summed E-state index contributed by atoms with van der Waals surface area (Å²) in [6, 6.07) is 20.4. The normalized spacial score (nSPS) is 10.2. The molecule has 0 unspecified atom stereocenters. The highest BCUT2D eigenvalue weighted by atomic mass is 33.1. The molecule has 2 rings (SSSR count). The van der Waals surface area contributed by atoms with Gasteiger partial charge in [0.25, 0.3) is 0 Å². The number of rotatable bonds is 4. The summed E-state index contributed by atoms with van der Waals surface area (Å²) in [7, 11) is 3.08. The minimum atomic E-state index is 0.820. The van der Waals surface area contributed by atoms with Gasteiger partial charge in [0.15, 0.2) is 8.64 Å². The van der Waals surface area contributed by atoms with Crippen molar-refractivity contribution < 1.29 is 0 Å². The van der Waals surface area contributed by atoms with E-state index < -0.39 is 0 Å². The van der Waals surface area contributed by atoms with Crippen LogP contribution in [0.4, 0.5) is 11.4 Å². The molecule has 0 bridgehead atoms. The molecule has 0 amide bonds. The van der Waals surface area contributed by atoms with Gasteiger partial charge in [-0.2, -0.15) is 0 Å². The van der Waals surface area contributed by atoms with Crippen LogP contribution < -0.4 is 9.80 Å². The summed E-state index contributed by atoms with van der Waals surface area (Å²) < 4.78 is 1.64. The van der Waals surface area contributed by atoms with Crippen molar-refractivity contribution in [2.75, 3.05) is 22.9 Å². The minimum Gasteiger partial charge on any atom is -0.327 e. The van der Waals surface area contributed by atoms with E-state index in [1.807, 2.05) is 36.4 Å². The molecule has 0 spiro atoms. The zero-order chi connectivity index (χ0) is 17.4. The Labute approximate surface area is 163 Å². The van der Waals surface area contributed by atoms with Crippen LogP contribution in [0, 0.1) is 0 Å². The summed E-state index contributed by atoms with van der Waals surface area (Å²) in [5.74, 6) is 0. The first kappa shape index (κ1) is 19.2. The van der Waals surface area contributed by atoms with Gasteiger partial charge >= 0.3 is 0 Å². The molecular weight excluding hydrogens is 372 g/mol. The fourth-order valence-corrected chi connectivity index (χ4v) is 5.05. The van der Waals surface area contributed by atoms with E-state index in [-0.39, 0.29) is 0 Å². The molecule has 0 aliphatic rings. The Hall–Kier alpha value is -1.08. The largest absolute Gasteiger partial charge is 0.327 e. The summed E-state index contributed by atoms with van der Waals surface area (Å²) in [6.07, 6.45) is 0. The van der Waals surface area contributed by atoms with Crippen LogP contribution in [-0.4, -0.2) is 21.7 Å². The maximum atomic E-state index is 5.60.